The summed E-state index contributed by atoms with van der Waals surface area (Å²) in [6, 6.07) is 4.26. The van der Waals surface area contributed by atoms with Crippen molar-refractivity contribution >= 4 is 24.0 Å². The van der Waals surface area contributed by atoms with Crippen LogP contribution < -0.4 is 5.32 Å². The summed E-state index contributed by atoms with van der Waals surface area (Å²) in [7, 11) is 0. The highest BCUT2D eigenvalue weighted by molar-refractivity contribution is 6.29. The number of ether oxygens (including phenoxy) is 1. The van der Waals surface area contributed by atoms with Gasteiger partial charge in [-0.1, -0.05) is 17.7 Å². The number of rotatable bonds is 4. The minimum atomic E-state index is 0. The van der Waals surface area contributed by atoms with Crippen molar-refractivity contribution in [3.05, 3.63) is 29.0 Å². The number of hydrogen-bond donors (Lipinski definition) is 1. The van der Waals surface area contributed by atoms with E-state index in [2.05, 4.69) is 10.3 Å². The number of hydrogen-bond acceptors (Lipinski definition) is 3. The Kier molecular flexibility index (Phi) is 6.06. The number of halogens is 2. The fourth-order valence-electron chi connectivity index (χ4n) is 1.71. The molecule has 3 nitrogen and oxygen atoms in total. The van der Waals surface area contributed by atoms with Crippen molar-refractivity contribution < 1.29 is 4.74 Å². The third-order valence-electron chi connectivity index (χ3n) is 2.54. The fourth-order valence-corrected chi connectivity index (χ4v) is 1.82. The lowest BCUT2D eigenvalue weighted by Gasteiger charge is -2.10. The van der Waals surface area contributed by atoms with Crippen molar-refractivity contribution in [3.8, 4) is 0 Å². The molecule has 1 aliphatic heterocycles. The molecule has 1 aromatic rings. The maximum absolute atomic E-state index is 5.69. The van der Waals surface area contributed by atoms with Gasteiger partial charge in [-0.2, -0.15) is 0 Å². The summed E-state index contributed by atoms with van der Waals surface area (Å²) in [5.74, 6) is 0. The van der Waals surface area contributed by atoms with Crippen LogP contribution in [0.25, 0.3) is 0 Å². The van der Waals surface area contributed by atoms with Crippen LogP contribution in [0.1, 0.15) is 18.4 Å². The molecule has 0 bridgehead atoms. The van der Waals surface area contributed by atoms with E-state index in [-0.39, 0.29) is 12.4 Å². The number of pyridine rings is 1. The zero-order valence-electron chi connectivity index (χ0n) is 8.99. The Morgan fingerprint density at radius 2 is 2.38 bits per heavy atom. The van der Waals surface area contributed by atoms with Gasteiger partial charge in [-0.3, -0.25) is 0 Å². The average Bonchev–Trinajstić information content (AvgIpc) is 2.74. The second-order valence-corrected chi connectivity index (χ2v) is 4.18. The zero-order valence-corrected chi connectivity index (χ0v) is 10.6. The lowest BCUT2D eigenvalue weighted by atomic mass is 10.2. The van der Waals surface area contributed by atoms with Gasteiger partial charge in [-0.25, -0.2) is 4.98 Å². The molecule has 2 heterocycles. The zero-order chi connectivity index (χ0) is 10.5. The molecular formula is C11H16Cl2N2O. The highest BCUT2D eigenvalue weighted by Gasteiger charge is 2.13. The third kappa shape index (κ3) is 4.26. The summed E-state index contributed by atoms with van der Waals surface area (Å²) < 4.78 is 5.60. The summed E-state index contributed by atoms with van der Waals surface area (Å²) in [5.41, 5.74) is 1.07. The SMILES string of the molecule is Cl.Clc1ccc(COCC2CCCN2)cn1. The first-order chi connectivity index (χ1) is 7.34. The number of nitrogens with zero attached hydrogens (tertiary/aromatic N) is 1. The van der Waals surface area contributed by atoms with Crippen LogP contribution in [0, 0.1) is 0 Å². The molecular weight excluding hydrogens is 247 g/mol. The van der Waals surface area contributed by atoms with Gasteiger partial charge in [-0.05, 0) is 31.0 Å². The van der Waals surface area contributed by atoms with Gasteiger partial charge in [-0.15, -0.1) is 12.4 Å². The van der Waals surface area contributed by atoms with Crippen molar-refractivity contribution in [1.29, 1.82) is 0 Å². The van der Waals surface area contributed by atoms with Crippen molar-refractivity contribution in [1.82, 2.24) is 10.3 Å². The summed E-state index contributed by atoms with van der Waals surface area (Å²) >= 11 is 5.69. The van der Waals surface area contributed by atoms with Crippen molar-refractivity contribution in [2.75, 3.05) is 13.2 Å². The molecule has 1 atom stereocenters. The van der Waals surface area contributed by atoms with E-state index >= 15 is 0 Å². The molecule has 90 valence electrons. The highest BCUT2D eigenvalue weighted by atomic mass is 35.5. The Bertz CT molecular complexity index is 299. The van der Waals surface area contributed by atoms with E-state index in [1.807, 2.05) is 6.07 Å². The van der Waals surface area contributed by atoms with Crippen LogP contribution in [0.2, 0.25) is 5.15 Å². The van der Waals surface area contributed by atoms with Crippen LogP contribution in [0.5, 0.6) is 0 Å². The van der Waals surface area contributed by atoms with Gasteiger partial charge >= 0.3 is 0 Å². The third-order valence-corrected chi connectivity index (χ3v) is 2.76. The molecule has 16 heavy (non-hydrogen) atoms. The molecule has 1 saturated heterocycles. The van der Waals surface area contributed by atoms with Gasteiger partial charge in [0.1, 0.15) is 5.15 Å². The Labute approximate surface area is 107 Å². The predicted octanol–water partition coefficient (Wildman–Crippen LogP) is 2.43. The molecule has 5 heteroatoms. The summed E-state index contributed by atoms with van der Waals surface area (Å²) in [4.78, 5) is 4.00. The van der Waals surface area contributed by atoms with Gasteiger partial charge in [0.05, 0.1) is 13.2 Å². The van der Waals surface area contributed by atoms with E-state index in [1.54, 1.807) is 12.3 Å². The van der Waals surface area contributed by atoms with Gasteiger partial charge in [0.2, 0.25) is 0 Å². The van der Waals surface area contributed by atoms with Gasteiger partial charge in [0, 0.05) is 12.2 Å². The Morgan fingerprint density at radius 1 is 1.50 bits per heavy atom. The molecule has 1 aromatic heterocycles. The minimum absolute atomic E-state index is 0. The molecule has 1 N–H and O–H groups in total. The standard InChI is InChI=1S/C11H15ClN2O.ClH/c12-11-4-3-9(6-14-11)7-15-8-10-2-1-5-13-10;/h3-4,6,10,13H,1-2,5,7-8H2;1H. The molecule has 1 aliphatic rings. The molecule has 0 aliphatic carbocycles. The van der Waals surface area contributed by atoms with Gasteiger partial charge in [0.25, 0.3) is 0 Å². The van der Waals surface area contributed by atoms with Gasteiger partial charge in [0.15, 0.2) is 0 Å². The first-order valence-electron chi connectivity index (χ1n) is 5.26. The molecule has 1 unspecified atom stereocenters. The number of nitrogens with one attached hydrogen (secondary N) is 1. The molecule has 0 radical (unpaired) electrons. The Morgan fingerprint density at radius 3 is 3.00 bits per heavy atom. The Hall–Kier alpha value is -0.350. The first-order valence-corrected chi connectivity index (χ1v) is 5.64. The highest BCUT2D eigenvalue weighted by Crippen LogP contribution is 2.08. The maximum Gasteiger partial charge on any atom is 0.129 e. The lowest BCUT2D eigenvalue weighted by molar-refractivity contribution is 0.103. The van der Waals surface area contributed by atoms with E-state index in [9.17, 15) is 0 Å². The van der Waals surface area contributed by atoms with Crippen LogP contribution in [0.3, 0.4) is 0 Å². The van der Waals surface area contributed by atoms with Crippen LogP contribution in [0.4, 0.5) is 0 Å². The molecule has 0 spiro atoms. The predicted molar refractivity (Wildman–Crippen MR) is 67.2 cm³/mol. The maximum atomic E-state index is 5.69. The molecule has 0 aromatic carbocycles. The van der Waals surface area contributed by atoms with E-state index in [0.29, 0.717) is 17.8 Å². The number of aromatic nitrogens is 1. The van der Waals surface area contributed by atoms with Crippen LogP contribution in [-0.4, -0.2) is 24.2 Å². The molecule has 2 rings (SSSR count). The topological polar surface area (TPSA) is 34.1 Å². The second-order valence-electron chi connectivity index (χ2n) is 3.80. The second kappa shape index (κ2) is 7.07. The normalized spacial score (nSPS) is 19.4. The Balaban J connectivity index is 0.00000128. The first kappa shape index (κ1) is 13.7. The van der Waals surface area contributed by atoms with Crippen molar-refractivity contribution in [2.45, 2.75) is 25.5 Å². The summed E-state index contributed by atoms with van der Waals surface area (Å²) in [5, 5.41) is 3.91. The molecule has 0 saturated carbocycles. The minimum Gasteiger partial charge on any atom is -0.375 e. The quantitative estimate of drug-likeness (QED) is 0.847. The van der Waals surface area contributed by atoms with Gasteiger partial charge < -0.3 is 10.1 Å². The van der Waals surface area contributed by atoms with Crippen molar-refractivity contribution in [2.24, 2.45) is 0 Å². The van der Waals surface area contributed by atoms with E-state index < -0.39 is 0 Å². The van der Waals surface area contributed by atoms with E-state index in [0.717, 1.165) is 18.7 Å². The smallest absolute Gasteiger partial charge is 0.129 e. The largest absolute Gasteiger partial charge is 0.375 e. The van der Waals surface area contributed by atoms with Crippen molar-refractivity contribution in [3.63, 3.8) is 0 Å². The fraction of sp³-hybridized carbons (Fsp3) is 0.545. The van der Waals surface area contributed by atoms with Crippen LogP contribution in [-0.2, 0) is 11.3 Å². The van der Waals surface area contributed by atoms with Crippen LogP contribution in [0.15, 0.2) is 18.3 Å². The summed E-state index contributed by atoms with van der Waals surface area (Å²) in [6.45, 7) is 2.52. The molecule has 1 fully saturated rings. The monoisotopic (exact) mass is 262 g/mol. The van der Waals surface area contributed by atoms with E-state index in [1.165, 1.54) is 12.8 Å². The van der Waals surface area contributed by atoms with E-state index in [4.69, 9.17) is 16.3 Å². The lowest BCUT2D eigenvalue weighted by Crippen LogP contribution is -2.26. The average molecular weight is 263 g/mol. The van der Waals surface area contributed by atoms with Crippen LogP contribution >= 0.6 is 24.0 Å². The summed E-state index contributed by atoms with van der Waals surface area (Å²) in [6.07, 6.45) is 4.24. The molecule has 0 amide bonds.